The third-order valence-corrected chi connectivity index (χ3v) is 3.60. The molecule has 0 bridgehead atoms. The van der Waals surface area contributed by atoms with Gasteiger partial charge in [-0.25, -0.2) is 0 Å². The van der Waals surface area contributed by atoms with E-state index in [2.05, 4.69) is 4.18 Å². The van der Waals surface area contributed by atoms with Crippen LogP contribution in [0.25, 0.3) is 0 Å². The molecule has 2 aromatic carbocycles. The molecule has 0 aromatic heterocycles. The number of rotatable bonds is 6. The first-order valence-electron chi connectivity index (χ1n) is 6.82. The summed E-state index contributed by atoms with van der Waals surface area (Å²) in [5.41, 5.74) is 0.590. The maximum absolute atomic E-state index is 10.7. The quantitative estimate of drug-likeness (QED) is 0.484. The van der Waals surface area contributed by atoms with Gasteiger partial charge >= 0.3 is 10.4 Å². The summed E-state index contributed by atoms with van der Waals surface area (Å²) in [6.45, 7) is 0. The number of aliphatic hydroxyl groups is 1. The van der Waals surface area contributed by atoms with Gasteiger partial charge in [-0.05, 0) is 24.1 Å². The van der Waals surface area contributed by atoms with E-state index in [1.54, 1.807) is 6.07 Å². The molecule has 0 amide bonds. The number of hydrogen-bond donors (Lipinski definition) is 5. The molecular weight excluding hydrogens is 340 g/mol. The molecule has 0 heterocycles. The van der Waals surface area contributed by atoms with Crippen molar-refractivity contribution < 1.29 is 37.6 Å². The molecule has 0 aliphatic rings. The highest BCUT2D eigenvalue weighted by atomic mass is 32.3. The van der Waals surface area contributed by atoms with Crippen LogP contribution in [0.15, 0.2) is 36.4 Å². The largest absolute Gasteiger partial charge is 0.508 e. The van der Waals surface area contributed by atoms with Gasteiger partial charge in [-0.3, -0.25) is 4.55 Å². The molecule has 1 unspecified atom stereocenters. The number of benzene rings is 2. The highest BCUT2D eigenvalue weighted by molar-refractivity contribution is 7.81. The van der Waals surface area contributed by atoms with Crippen molar-refractivity contribution in [2.75, 3.05) is 0 Å². The molecule has 0 saturated carbocycles. The lowest BCUT2D eigenvalue weighted by Gasteiger charge is -2.14. The third-order valence-electron chi connectivity index (χ3n) is 3.20. The molecule has 2 rings (SSSR count). The third kappa shape index (κ3) is 5.01. The molecule has 130 valence electrons. The van der Waals surface area contributed by atoms with Gasteiger partial charge in [-0.1, -0.05) is 12.1 Å². The van der Waals surface area contributed by atoms with Gasteiger partial charge in [0.25, 0.3) is 0 Å². The Kier molecular flexibility index (Phi) is 5.17. The molecule has 0 fully saturated rings. The minimum atomic E-state index is -4.64. The van der Waals surface area contributed by atoms with E-state index in [0.29, 0.717) is 5.56 Å². The second kappa shape index (κ2) is 6.95. The van der Waals surface area contributed by atoms with Crippen LogP contribution < -0.4 is 4.18 Å². The molecule has 0 radical (unpaired) electrons. The van der Waals surface area contributed by atoms with Crippen molar-refractivity contribution in [3.8, 4) is 23.0 Å². The van der Waals surface area contributed by atoms with Crippen LogP contribution in [0.2, 0.25) is 0 Å². The number of phenols is 3. The minimum absolute atomic E-state index is 0.0719. The zero-order valence-electron chi connectivity index (χ0n) is 12.3. The standard InChI is InChI=1S/C15H16O8S/c16-10(6-13-14(18)7-11(17)8-15(13)19)4-9-2-1-3-12(5-9)23-24(20,21)22/h1-3,5,7-8,10,16-19H,4,6H2,(H,20,21,22). The van der Waals surface area contributed by atoms with Crippen molar-refractivity contribution in [2.24, 2.45) is 0 Å². The molecule has 2 aromatic rings. The molecule has 9 heteroatoms. The van der Waals surface area contributed by atoms with E-state index in [0.717, 1.165) is 12.1 Å². The first-order valence-corrected chi connectivity index (χ1v) is 8.18. The van der Waals surface area contributed by atoms with Crippen molar-refractivity contribution >= 4 is 10.4 Å². The fraction of sp³-hybridized carbons (Fsp3) is 0.200. The van der Waals surface area contributed by atoms with Gasteiger partial charge in [0.2, 0.25) is 0 Å². The van der Waals surface area contributed by atoms with E-state index >= 15 is 0 Å². The number of aromatic hydroxyl groups is 3. The molecular formula is C15H16O8S. The lowest BCUT2D eigenvalue weighted by molar-refractivity contribution is 0.173. The van der Waals surface area contributed by atoms with Crippen molar-refractivity contribution in [3.05, 3.63) is 47.5 Å². The summed E-state index contributed by atoms with van der Waals surface area (Å²) in [5.74, 6) is -1.12. The summed E-state index contributed by atoms with van der Waals surface area (Å²) in [6.07, 6.45) is -1.03. The average Bonchev–Trinajstić information content (AvgIpc) is 2.41. The van der Waals surface area contributed by atoms with Crippen LogP contribution in [0.1, 0.15) is 11.1 Å². The predicted octanol–water partition coefficient (Wildman–Crippen LogP) is 1.13. The number of phenolic OH excluding ortho intramolecular Hbond substituents is 3. The summed E-state index contributed by atoms with van der Waals surface area (Å²) in [6, 6.07) is 7.83. The van der Waals surface area contributed by atoms with Crippen LogP contribution in [0.5, 0.6) is 23.0 Å². The second-order valence-electron chi connectivity index (χ2n) is 5.18. The highest BCUT2D eigenvalue weighted by Gasteiger charge is 2.16. The lowest BCUT2D eigenvalue weighted by atomic mass is 9.99. The lowest BCUT2D eigenvalue weighted by Crippen LogP contribution is -2.14. The SMILES string of the molecule is O=S(=O)(O)Oc1cccc(CC(O)Cc2c(O)cc(O)cc2O)c1. The molecule has 8 nitrogen and oxygen atoms in total. The zero-order chi connectivity index (χ0) is 17.9. The predicted molar refractivity (Wildman–Crippen MR) is 83.5 cm³/mol. The Morgan fingerprint density at radius 1 is 1.00 bits per heavy atom. The van der Waals surface area contributed by atoms with Crippen LogP contribution >= 0.6 is 0 Å². The van der Waals surface area contributed by atoms with E-state index < -0.39 is 16.5 Å². The molecule has 0 aliphatic carbocycles. The Hall–Kier alpha value is -2.49. The second-order valence-corrected chi connectivity index (χ2v) is 6.21. The van der Waals surface area contributed by atoms with Crippen LogP contribution in [-0.4, -0.2) is 39.5 Å². The fourth-order valence-corrected chi connectivity index (χ4v) is 2.61. The van der Waals surface area contributed by atoms with Crippen molar-refractivity contribution in [3.63, 3.8) is 0 Å². The van der Waals surface area contributed by atoms with E-state index in [9.17, 15) is 28.8 Å². The monoisotopic (exact) mass is 356 g/mol. The first-order chi connectivity index (χ1) is 11.1. The van der Waals surface area contributed by atoms with Gasteiger partial charge in [0.05, 0.1) is 6.10 Å². The maximum atomic E-state index is 10.7. The Labute approximate surface area is 138 Å². The van der Waals surface area contributed by atoms with Crippen molar-refractivity contribution in [1.29, 1.82) is 0 Å². The topological polar surface area (TPSA) is 145 Å². The van der Waals surface area contributed by atoms with E-state index in [1.165, 1.54) is 18.2 Å². The molecule has 5 N–H and O–H groups in total. The van der Waals surface area contributed by atoms with Crippen LogP contribution in [0.3, 0.4) is 0 Å². The van der Waals surface area contributed by atoms with Gasteiger partial charge in [-0.15, -0.1) is 0 Å². The molecule has 1 atom stereocenters. The fourth-order valence-electron chi connectivity index (χ4n) is 2.26. The summed E-state index contributed by atoms with van der Waals surface area (Å²) < 4.78 is 34.4. The summed E-state index contributed by atoms with van der Waals surface area (Å²) >= 11 is 0. The van der Waals surface area contributed by atoms with E-state index in [4.69, 9.17) is 4.55 Å². The average molecular weight is 356 g/mol. The van der Waals surface area contributed by atoms with Gasteiger partial charge in [0.1, 0.15) is 23.0 Å². The minimum Gasteiger partial charge on any atom is -0.508 e. The van der Waals surface area contributed by atoms with Gasteiger partial charge in [0, 0.05) is 24.1 Å². The molecule has 24 heavy (non-hydrogen) atoms. The van der Waals surface area contributed by atoms with E-state index in [-0.39, 0.29) is 41.4 Å². The van der Waals surface area contributed by atoms with E-state index in [1.807, 2.05) is 0 Å². The normalized spacial score (nSPS) is 12.8. The Morgan fingerprint density at radius 3 is 2.21 bits per heavy atom. The van der Waals surface area contributed by atoms with Crippen LogP contribution in [0, 0.1) is 0 Å². The Balaban J connectivity index is 2.10. The van der Waals surface area contributed by atoms with Crippen molar-refractivity contribution in [2.45, 2.75) is 18.9 Å². The van der Waals surface area contributed by atoms with Crippen LogP contribution in [-0.2, 0) is 23.2 Å². The van der Waals surface area contributed by atoms with Gasteiger partial charge < -0.3 is 24.6 Å². The zero-order valence-corrected chi connectivity index (χ0v) is 13.1. The van der Waals surface area contributed by atoms with Gasteiger partial charge in [0.15, 0.2) is 0 Å². The Bertz CT molecular complexity index is 808. The van der Waals surface area contributed by atoms with Crippen LogP contribution in [0.4, 0.5) is 0 Å². The first kappa shape index (κ1) is 17.9. The maximum Gasteiger partial charge on any atom is 0.446 e. The smallest absolute Gasteiger partial charge is 0.446 e. The molecule has 0 aliphatic heterocycles. The Morgan fingerprint density at radius 2 is 1.62 bits per heavy atom. The van der Waals surface area contributed by atoms with Crippen molar-refractivity contribution in [1.82, 2.24) is 0 Å². The number of hydrogen-bond acceptors (Lipinski definition) is 7. The summed E-state index contributed by atoms with van der Waals surface area (Å²) in [5, 5.41) is 38.8. The highest BCUT2D eigenvalue weighted by Crippen LogP contribution is 2.33. The molecule has 0 spiro atoms. The number of aliphatic hydroxyl groups excluding tert-OH is 1. The van der Waals surface area contributed by atoms with Gasteiger partial charge in [-0.2, -0.15) is 8.42 Å². The molecule has 0 saturated heterocycles. The summed E-state index contributed by atoms with van der Waals surface area (Å²) in [7, 11) is -4.64. The summed E-state index contributed by atoms with van der Waals surface area (Å²) in [4.78, 5) is 0.